The van der Waals surface area contributed by atoms with E-state index in [0.29, 0.717) is 0 Å². The van der Waals surface area contributed by atoms with Crippen LogP contribution in [0.4, 0.5) is 17.1 Å². The summed E-state index contributed by atoms with van der Waals surface area (Å²) in [6.45, 7) is 6.93. The molecule has 12 rings (SSSR count). The highest BCUT2D eigenvalue weighted by molar-refractivity contribution is 6.19. The van der Waals surface area contributed by atoms with Crippen LogP contribution in [0.5, 0.6) is 0 Å². The molecule has 0 radical (unpaired) electrons. The summed E-state index contributed by atoms with van der Waals surface area (Å²) in [4.78, 5) is 2.42. The van der Waals surface area contributed by atoms with E-state index in [2.05, 4.69) is 255 Å². The molecule has 10 aromatic carbocycles. The lowest BCUT2D eigenvalue weighted by molar-refractivity contribution is 0.660. The van der Waals surface area contributed by atoms with Gasteiger partial charge in [-0.25, -0.2) is 0 Å². The van der Waals surface area contributed by atoms with E-state index in [9.17, 15) is 0 Å². The minimum atomic E-state index is -0.121. The van der Waals surface area contributed by atoms with Crippen molar-refractivity contribution in [2.45, 2.75) is 26.2 Å². The lowest BCUT2D eigenvalue weighted by Gasteiger charge is -2.28. The van der Waals surface area contributed by atoms with Crippen molar-refractivity contribution in [1.29, 1.82) is 0 Å². The van der Waals surface area contributed by atoms with Crippen LogP contribution in [0.15, 0.2) is 224 Å². The summed E-state index contributed by atoms with van der Waals surface area (Å²) >= 11 is 0. The molecule has 0 unspecified atom stereocenters. The van der Waals surface area contributed by atoms with Gasteiger partial charge in [0.25, 0.3) is 0 Å². The van der Waals surface area contributed by atoms with E-state index in [1.807, 2.05) is 0 Å². The Kier molecular flexibility index (Phi) is 8.77. The molecule has 0 amide bonds. The lowest BCUT2D eigenvalue weighted by Crippen LogP contribution is -2.16. The average molecular weight is 819 g/mol. The molecule has 0 spiro atoms. The summed E-state index contributed by atoms with van der Waals surface area (Å²) in [5.74, 6) is 0. The van der Waals surface area contributed by atoms with Crippen LogP contribution in [0.2, 0.25) is 0 Å². The first kappa shape index (κ1) is 37.8. The number of aromatic nitrogens is 1. The van der Waals surface area contributed by atoms with Crippen LogP contribution in [-0.2, 0) is 5.41 Å². The topological polar surface area (TPSA) is 8.17 Å². The first-order valence-electron chi connectivity index (χ1n) is 22.3. The van der Waals surface area contributed by atoms with E-state index in [1.165, 1.54) is 99.5 Å². The van der Waals surface area contributed by atoms with Crippen molar-refractivity contribution in [2.75, 3.05) is 4.90 Å². The smallest absolute Gasteiger partial charge is 0.0619 e. The molecule has 11 aromatic rings. The maximum absolute atomic E-state index is 2.43. The monoisotopic (exact) mass is 818 g/mol. The second-order valence-corrected chi connectivity index (χ2v) is 17.9. The first-order chi connectivity index (χ1) is 31.4. The quantitative estimate of drug-likeness (QED) is 0.156. The third-order valence-electron chi connectivity index (χ3n) is 13.6. The third-order valence-corrected chi connectivity index (χ3v) is 13.6. The van der Waals surface area contributed by atoms with Gasteiger partial charge in [0, 0.05) is 44.3 Å². The first-order valence-corrected chi connectivity index (χ1v) is 22.3. The number of rotatable bonds is 7. The summed E-state index contributed by atoms with van der Waals surface area (Å²) in [7, 11) is 0. The molecule has 0 N–H and O–H groups in total. The Bertz CT molecular complexity index is 3560. The predicted octanol–water partition coefficient (Wildman–Crippen LogP) is 17.0. The SMILES string of the molecule is Cc1ccc2c(c1)C(C)(C)c1cc(N(c3ccc(-c4cccc(-c5ccccc5)c4)cc3)c3ccc(-c4ccc5c(c4)c4ccc6ccccc6c4n5-c4ccccc4)cc3)ccc1-2. The number of aryl methyl sites for hydroxylation is 1. The van der Waals surface area contributed by atoms with Gasteiger partial charge in [-0.15, -0.1) is 0 Å². The Morgan fingerprint density at radius 1 is 0.375 bits per heavy atom. The van der Waals surface area contributed by atoms with Crippen LogP contribution in [0.1, 0.15) is 30.5 Å². The number of anilines is 3. The molecule has 2 heteroatoms. The molecule has 0 saturated heterocycles. The van der Waals surface area contributed by atoms with Crippen LogP contribution in [0, 0.1) is 6.92 Å². The highest BCUT2D eigenvalue weighted by Crippen LogP contribution is 2.51. The Morgan fingerprint density at radius 2 is 0.922 bits per heavy atom. The zero-order valence-corrected chi connectivity index (χ0v) is 36.3. The molecular weight excluding hydrogens is 773 g/mol. The Hall–Kier alpha value is -7.94. The number of para-hydroxylation sites is 1. The van der Waals surface area contributed by atoms with Crippen LogP contribution < -0.4 is 4.90 Å². The van der Waals surface area contributed by atoms with E-state index in [-0.39, 0.29) is 5.41 Å². The fraction of sp³-hybridized carbons (Fsp3) is 0.0645. The van der Waals surface area contributed by atoms with Gasteiger partial charge in [-0.2, -0.15) is 0 Å². The molecule has 1 aromatic heterocycles. The third kappa shape index (κ3) is 6.17. The molecule has 0 aliphatic heterocycles. The summed E-state index contributed by atoms with van der Waals surface area (Å²) in [6, 6.07) is 82.7. The van der Waals surface area contributed by atoms with Crippen molar-refractivity contribution in [2.24, 2.45) is 0 Å². The van der Waals surface area contributed by atoms with E-state index in [1.54, 1.807) is 0 Å². The van der Waals surface area contributed by atoms with Gasteiger partial charge in [-0.1, -0.05) is 177 Å². The summed E-state index contributed by atoms with van der Waals surface area (Å²) in [5, 5.41) is 5.01. The fourth-order valence-corrected chi connectivity index (χ4v) is 10.3. The zero-order valence-electron chi connectivity index (χ0n) is 36.3. The standard InChI is InChI=1S/C62H46N2/c1-41-21-33-54-55-35-32-52(40-59(55)62(2,3)58(54)37-41)63(50-28-22-43(23-29-50)47-17-12-16-46(38-47)42-13-6-4-7-14-42)51-30-24-44(25-31-51)48-27-36-60-57(39-48)56-34-26-45-15-10-11-20-53(45)61(56)64(60)49-18-8-5-9-19-49/h4-40H,1-3H3. The maximum atomic E-state index is 2.43. The number of hydrogen-bond acceptors (Lipinski definition) is 1. The highest BCUT2D eigenvalue weighted by Gasteiger charge is 2.36. The van der Waals surface area contributed by atoms with Crippen LogP contribution in [0.3, 0.4) is 0 Å². The largest absolute Gasteiger partial charge is 0.310 e. The van der Waals surface area contributed by atoms with Gasteiger partial charge in [0.05, 0.1) is 11.0 Å². The van der Waals surface area contributed by atoms with Crippen LogP contribution in [0.25, 0.3) is 82.8 Å². The molecular formula is C62H46N2. The van der Waals surface area contributed by atoms with Gasteiger partial charge in [0.1, 0.15) is 0 Å². The fourth-order valence-electron chi connectivity index (χ4n) is 10.3. The molecule has 1 aliphatic carbocycles. The van der Waals surface area contributed by atoms with Gasteiger partial charge in [-0.3, -0.25) is 0 Å². The van der Waals surface area contributed by atoms with Crippen molar-refractivity contribution >= 4 is 49.6 Å². The summed E-state index contributed by atoms with van der Waals surface area (Å²) in [5.41, 5.74) is 20.8. The summed E-state index contributed by atoms with van der Waals surface area (Å²) < 4.78 is 2.43. The van der Waals surface area contributed by atoms with Crippen LogP contribution in [-0.4, -0.2) is 4.57 Å². The van der Waals surface area contributed by atoms with E-state index < -0.39 is 0 Å². The van der Waals surface area contributed by atoms with Gasteiger partial charge >= 0.3 is 0 Å². The number of hydrogen-bond donors (Lipinski definition) is 0. The lowest BCUT2D eigenvalue weighted by atomic mass is 9.82. The second-order valence-electron chi connectivity index (χ2n) is 17.9. The predicted molar refractivity (Wildman–Crippen MR) is 272 cm³/mol. The maximum Gasteiger partial charge on any atom is 0.0619 e. The number of benzene rings is 10. The van der Waals surface area contributed by atoms with Crippen molar-refractivity contribution in [3.05, 3.63) is 241 Å². The number of fused-ring (bicyclic) bond motifs is 8. The summed E-state index contributed by atoms with van der Waals surface area (Å²) in [6.07, 6.45) is 0. The molecule has 1 aliphatic rings. The van der Waals surface area contributed by atoms with Gasteiger partial charge < -0.3 is 9.47 Å². The molecule has 304 valence electrons. The Labute approximate surface area is 375 Å². The van der Waals surface area contributed by atoms with Crippen molar-refractivity contribution in [1.82, 2.24) is 4.57 Å². The number of nitrogens with zero attached hydrogens (tertiary/aromatic N) is 2. The average Bonchev–Trinajstić information content (AvgIpc) is 3.80. The van der Waals surface area contributed by atoms with Gasteiger partial charge in [0.2, 0.25) is 0 Å². The van der Waals surface area contributed by atoms with Crippen molar-refractivity contribution < 1.29 is 0 Å². The Morgan fingerprint density at radius 3 is 1.62 bits per heavy atom. The van der Waals surface area contributed by atoms with Gasteiger partial charge in [0.15, 0.2) is 0 Å². The molecule has 0 saturated carbocycles. The molecule has 64 heavy (non-hydrogen) atoms. The molecule has 2 nitrogen and oxygen atoms in total. The van der Waals surface area contributed by atoms with Crippen molar-refractivity contribution in [3.8, 4) is 50.2 Å². The highest BCUT2D eigenvalue weighted by atomic mass is 15.1. The normalized spacial score (nSPS) is 12.7. The van der Waals surface area contributed by atoms with Gasteiger partial charge in [-0.05, 0) is 135 Å². The van der Waals surface area contributed by atoms with Crippen LogP contribution >= 0.6 is 0 Å². The molecule has 1 heterocycles. The minimum absolute atomic E-state index is 0.121. The van der Waals surface area contributed by atoms with E-state index >= 15 is 0 Å². The molecule has 0 bridgehead atoms. The van der Waals surface area contributed by atoms with E-state index in [0.717, 1.165) is 17.1 Å². The Balaban J connectivity index is 0.959. The second kappa shape index (κ2) is 14.9. The van der Waals surface area contributed by atoms with Crippen molar-refractivity contribution in [3.63, 3.8) is 0 Å². The van der Waals surface area contributed by atoms with E-state index in [4.69, 9.17) is 0 Å². The minimum Gasteiger partial charge on any atom is -0.310 e. The molecule has 0 fully saturated rings. The zero-order chi connectivity index (χ0) is 42.9. The molecule has 0 atom stereocenters.